The minimum atomic E-state index is -1.16. The molecule has 2 rings (SSSR count). The van der Waals surface area contributed by atoms with E-state index in [4.69, 9.17) is 11.5 Å². The molecule has 1 saturated heterocycles. The standard InChI is InChI=1S/C22H33N5O5/c23-11-5-4-9-16(24)21(30)27-12-6-10-18(27)20(29)25-14-19(28)26-17(22(31)32)13-15-7-2-1-3-8-15/h1-3,7-8,16-18H,4-6,9-14,23-24H2,(H,25,29)(H,26,28)(H,31,32). The van der Waals surface area contributed by atoms with E-state index in [2.05, 4.69) is 10.6 Å². The molecule has 1 aromatic carbocycles. The number of carboxylic acids is 1. The summed E-state index contributed by atoms with van der Waals surface area (Å²) in [6.45, 7) is 0.593. The highest BCUT2D eigenvalue weighted by Crippen LogP contribution is 2.19. The molecule has 3 atom stereocenters. The summed E-state index contributed by atoms with van der Waals surface area (Å²) >= 11 is 0. The minimum absolute atomic E-state index is 0.128. The molecule has 0 aromatic heterocycles. The summed E-state index contributed by atoms with van der Waals surface area (Å²) in [6.07, 6.45) is 3.30. The SMILES string of the molecule is NCCCCC(N)C(=O)N1CCCC1C(=O)NCC(=O)NC(Cc1ccccc1)C(=O)O. The highest BCUT2D eigenvalue weighted by atomic mass is 16.4. The lowest BCUT2D eigenvalue weighted by Gasteiger charge is -2.26. The van der Waals surface area contributed by atoms with Gasteiger partial charge in [-0.05, 0) is 37.8 Å². The van der Waals surface area contributed by atoms with Gasteiger partial charge in [-0.1, -0.05) is 36.8 Å². The Labute approximate surface area is 187 Å². The fourth-order valence-electron chi connectivity index (χ4n) is 3.73. The van der Waals surface area contributed by atoms with Gasteiger partial charge < -0.3 is 32.1 Å². The number of nitrogens with zero attached hydrogens (tertiary/aromatic N) is 1. The number of hydrogen-bond donors (Lipinski definition) is 5. The molecular formula is C22H33N5O5. The summed E-state index contributed by atoms with van der Waals surface area (Å²) in [4.78, 5) is 50.4. The van der Waals surface area contributed by atoms with Gasteiger partial charge in [-0.25, -0.2) is 4.79 Å². The molecule has 1 heterocycles. The van der Waals surface area contributed by atoms with Gasteiger partial charge in [0, 0.05) is 13.0 Å². The van der Waals surface area contributed by atoms with Crippen LogP contribution in [0.2, 0.25) is 0 Å². The molecule has 0 bridgehead atoms. The molecule has 1 aromatic rings. The predicted molar refractivity (Wildman–Crippen MR) is 118 cm³/mol. The number of likely N-dealkylation sites (tertiary alicyclic amines) is 1. The minimum Gasteiger partial charge on any atom is -0.480 e. The van der Waals surface area contributed by atoms with Gasteiger partial charge in [0.2, 0.25) is 17.7 Å². The number of rotatable bonds is 12. The summed E-state index contributed by atoms with van der Waals surface area (Å²) in [5.41, 5.74) is 12.2. The summed E-state index contributed by atoms with van der Waals surface area (Å²) < 4.78 is 0. The van der Waals surface area contributed by atoms with Crippen LogP contribution in [0.5, 0.6) is 0 Å². The maximum absolute atomic E-state index is 12.6. The van der Waals surface area contributed by atoms with Crippen molar-refractivity contribution in [2.75, 3.05) is 19.6 Å². The molecule has 0 spiro atoms. The number of aliphatic carboxylic acids is 1. The summed E-state index contributed by atoms with van der Waals surface area (Å²) in [5, 5.41) is 14.3. The van der Waals surface area contributed by atoms with Crippen molar-refractivity contribution < 1.29 is 24.3 Å². The molecule has 1 aliphatic rings. The Hall–Kier alpha value is -2.98. The summed E-state index contributed by atoms with van der Waals surface area (Å²) in [7, 11) is 0. The average molecular weight is 448 g/mol. The molecule has 3 unspecified atom stereocenters. The van der Waals surface area contributed by atoms with Crippen LogP contribution < -0.4 is 22.1 Å². The van der Waals surface area contributed by atoms with E-state index in [1.54, 1.807) is 24.3 Å². The van der Waals surface area contributed by atoms with E-state index in [9.17, 15) is 24.3 Å². The Morgan fingerprint density at radius 3 is 2.53 bits per heavy atom. The number of nitrogens with one attached hydrogen (secondary N) is 2. The van der Waals surface area contributed by atoms with Crippen LogP contribution in [0.1, 0.15) is 37.7 Å². The van der Waals surface area contributed by atoms with Gasteiger partial charge in [0.05, 0.1) is 12.6 Å². The van der Waals surface area contributed by atoms with Gasteiger partial charge >= 0.3 is 5.97 Å². The van der Waals surface area contributed by atoms with Crippen molar-refractivity contribution in [1.82, 2.24) is 15.5 Å². The first-order valence-electron chi connectivity index (χ1n) is 10.9. The third-order valence-corrected chi connectivity index (χ3v) is 5.46. The van der Waals surface area contributed by atoms with E-state index in [-0.39, 0.29) is 18.9 Å². The molecule has 3 amide bonds. The van der Waals surface area contributed by atoms with Gasteiger partial charge in [-0.2, -0.15) is 0 Å². The zero-order chi connectivity index (χ0) is 23.5. The first kappa shape index (κ1) is 25.3. The van der Waals surface area contributed by atoms with Crippen LogP contribution >= 0.6 is 0 Å². The molecule has 1 aliphatic heterocycles. The van der Waals surface area contributed by atoms with Crippen LogP contribution in [-0.2, 0) is 25.6 Å². The number of benzene rings is 1. The molecule has 0 saturated carbocycles. The zero-order valence-corrected chi connectivity index (χ0v) is 18.2. The number of carboxylic acid groups (broad SMARTS) is 1. The van der Waals surface area contributed by atoms with Crippen molar-refractivity contribution in [3.8, 4) is 0 Å². The van der Waals surface area contributed by atoms with Crippen molar-refractivity contribution in [1.29, 1.82) is 0 Å². The highest BCUT2D eigenvalue weighted by Gasteiger charge is 2.36. The van der Waals surface area contributed by atoms with Crippen molar-refractivity contribution in [2.45, 2.75) is 56.7 Å². The molecule has 1 fully saturated rings. The van der Waals surface area contributed by atoms with E-state index >= 15 is 0 Å². The Bertz CT molecular complexity index is 788. The van der Waals surface area contributed by atoms with Gasteiger partial charge in [0.25, 0.3) is 0 Å². The molecule has 10 nitrogen and oxygen atoms in total. The third kappa shape index (κ3) is 7.61. The van der Waals surface area contributed by atoms with Gasteiger partial charge in [-0.3, -0.25) is 14.4 Å². The number of hydrogen-bond acceptors (Lipinski definition) is 6. The van der Waals surface area contributed by atoms with Gasteiger partial charge in [0.1, 0.15) is 12.1 Å². The normalized spacial score (nSPS) is 17.4. The quantitative estimate of drug-likeness (QED) is 0.266. The van der Waals surface area contributed by atoms with E-state index in [1.807, 2.05) is 6.07 Å². The highest BCUT2D eigenvalue weighted by molar-refractivity contribution is 5.93. The lowest BCUT2D eigenvalue weighted by molar-refractivity contribution is -0.142. The van der Waals surface area contributed by atoms with E-state index in [0.717, 1.165) is 18.4 Å². The predicted octanol–water partition coefficient (Wildman–Crippen LogP) is -0.638. The topological polar surface area (TPSA) is 168 Å². The van der Waals surface area contributed by atoms with Gasteiger partial charge in [0.15, 0.2) is 0 Å². The Kier molecular flexibility index (Phi) is 10.1. The Morgan fingerprint density at radius 2 is 1.88 bits per heavy atom. The number of carbonyl (C=O) groups is 4. The molecule has 32 heavy (non-hydrogen) atoms. The van der Waals surface area contributed by atoms with E-state index in [0.29, 0.717) is 32.4 Å². The molecule has 0 radical (unpaired) electrons. The van der Waals surface area contributed by atoms with Crippen molar-refractivity contribution in [2.24, 2.45) is 11.5 Å². The Balaban J connectivity index is 1.85. The molecule has 176 valence electrons. The first-order valence-corrected chi connectivity index (χ1v) is 10.9. The monoisotopic (exact) mass is 447 g/mol. The van der Waals surface area contributed by atoms with Crippen LogP contribution in [0.4, 0.5) is 0 Å². The fourth-order valence-corrected chi connectivity index (χ4v) is 3.73. The van der Waals surface area contributed by atoms with Crippen LogP contribution in [0.3, 0.4) is 0 Å². The number of nitrogens with two attached hydrogens (primary N) is 2. The molecule has 10 heteroatoms. The smallest absolute Gasteiger partial charge is 0.326 e. The van der Waals surface area contributed by atoms with Crippen molar-refractivity contribution in [3.05, 3.63) is 35.9 Å². The summed E-state index contributed by atoms with van der Waals surface area (Å²) in [6, 6.07) is 6.45. The van der Waals surface area contributed by atoms with E-state index in [1.165, 1.54) is 4.90 Å². The van der Waals surface area contributed by atoms with Crippen molar-refractivity contribution >= 4 is 23.7 Å². The second kappa shape index (κ2) is 12.8. The summed E-state index contributed by atoms with van der Waals surface area (Å²) in [5.74, 6) is -2.51. The van der Waals surface area contributed by atoms with Crippen LogP contribution in [-0.4, -0.2) is 71.5 Å². The number of unbranched alkanes of at least 4 members (excludes halogenated alkanes) is 1. The third-order valence-electron chi connectivity index (χ3n) is 5.46. The number of carbonyl (C=O) groups excluding carboxylic acids is 3. The second-order valence-corrected chi connectivity index (χ2v) is 7.95. The van der Waals surface area contributed by atoms with Crippen molar-refractivity contribution in [3.63, 3.8) is 0 Å². The second-order valence-electron chi connectivity index (χ2n) is 7.95. The largest absolute Gasteiger partial charge is 0.480 e. The molecule has 7 N–H and O–H groups in total. The molecular weight excluding hydrogens is 414 g/mol. The van der Waals surface area contributed by atoms with Crippen LogP contribution in [0, 0.1) is 0 Å². The first-order chi connectivity index (χ1) is 15.3. The average Bonchev–Trinajstić information content (AvgIpc) is 3.27. The lowest BCUT2D eigenvalue weighted by Crippen LogP contribution is -2.53. The molecule has 0 aliphatic carbocycles. The maximum atomic E-state index is 12.6. The van der Waals surface area contributed by atoms with Crippen LogP contribution in [0.25, 0.3) is 0 Å². The van der Waals surface area contributed by atoms with Crippen LogP contribution in [0.15, 0.2) is 30.3 Å². The Morgan fingerprint density at radius 1 is 1.16 bits per heavy atom. The number of amides is 3. The zero-order valence-electron chi connectivity index (χ0n) is 18.2. The fraction of sp³-hybridized carbons (Fsp3) is 0.545. The van der Waals surface area contributed by atoms with Gasteiger partial charge in [-0.15, -0.1) is 0 Å². The van der Waals surface area contributed by atoms with E-state index < -0.39 is 35.9 Å². The maximum Gasteiger partial charge on any atom is 0.326 e. The lowest BCUT2D eigenvalue weighted by atomic mass is 10.1.